The molecule has 0 aromatic carbocycles. The van der Waals surface area contributed by atoms with Crippen LogP contribution in [0.3, 0.4) is 0 Å². The Labute approximate surface area is 138 Å². The van der Waals surface area contributed by atoms with Gasteiger partial charge in [-0.2, -0.15) is 0 Å². The van der Waals surface area contributed by atoms with E-state index in [1.807, 2.05) is 0 Å². The average molecular weight is 317 g/mol. The number of nitrogens with one attached hydrogen (secondary N) is 2. The van der Waals surface area contributed by atoms with E-state index in [9.17, 15) is 4.79 Å². The number of rotatable bonds is 5. The summed E-state index contributed by atoms with van der Waals surface area (Å²) in [7, 11) is 0. The number of hydrogen-bond donors (Lipinski definition) is 2. The zero-order chi connectivity index (χ0) is 15.9. The molecule has 2 N–H and O–H groups in total. The van der Waals surface area contributed by atoms with Gasteiger partial charge in [0, 0.05) is 37.9 Å². The van der Waals surface area contributed by atoms with E-state index in [4.69, 9.17) is 0 Å². The van der Waals surface area contributed by atoms with Crippen molar-refractivity contribution in [2.75, 3.05) is 37.6 Å². The molecule has 2 saturated heterocycles. The quantitative estimate of drug-likeness (QED) is 0.854. The van der Waals surface area contributed by atoms with Gasteiger partial charge in [0.1, 0.15) is 5.82 Å². The van der Waals surface area contributed by atoms with Crippen molar-refractivity contribution < 1.29 is 4.79 Å². The molecule has 0 radical (unpaired) electrons. The first kappa shape index (κ1) is 16.2. The van der Waals surface area contributed by atoms with Gasteiger partial charge in [-0.05, 0) is 51.1 Å². The third-order valence-electron chi connectivity index (χ3n) is 4.99. The number of carbonyl (C=O) groups excluding carboxylic acids is 1. The number of aromatic nitrogens is 2. The Bertz CT molecular complexity index is 481. The molecule has 1 aromatic heterocycles. The number of anilines is 1. The lowest BCUT2D eigenvalue weighted by molar-refractivity contribution is -0.125. The number of hydrogen-bond acceptors (Lipinski definition) is 5. The second kappa shape index (κ2) is 8.24. The largest absolute Gasteiger partial charge is 0.356 e. The van der Waals surface area contributed by atoms with Crippen molar-refractivity contribution in [3.63, 3.8) is 0 Å². The van der Waals surface area contributed by atoms with Crippen LogP contribution in [0.25, 0.3) is 0 Å². The van der Waals surface area contributed by atoms with Gasteiger partial charge in [-0.3, -0.25) is 9.78 Å². The lowest BCUT2D eigenvalue weighted by Gasteiger charge is -2.32. The summed E-state index contributed by atoms with van der Waals surface area (Å²) in [5.74, 6) is 2.01. The van der Waals surface area contributed by atoms with Crippen molar-refractivity contribution in [1.29, 1.82) is 0 Å². The Morgan fingerprint density at radius 1 is 1.30 bits per heavy atom. The molecule has 126 valence electrons. The number of carbonyl (C=O) groups is 1. The summed E-state index contributed by atoms with van der Waals surface area (Å²) >= 11 is 0. The highest BCUT2D eigenvalue weighted by atomic mass is 16.1. The molecule has 1 unspecified atom stereocenters. The summed E-state index contributed by atoms with van der Waals surface area (Å²) in [6, 6.07) is 0. The first-order chi connectivity index (χ1) is 11.3. The number of nitrogens with zero attached hydrogens (tertiary/aromatic N) is 3. The van der Waals surface area contributed by atoms with Crippen LogP contribution in [0.1, 0.15) is 32.1 Å². The van der Waals surface area contributed by atoms with Crippen molar-refractivity contribution in [2.24, 2.45) is 11.8 Å². The summed E-state index contributed by atoms with van der Waals surface area (Å²) in [4.78, 5) is 23.0. The standard InChI is InChI=1S/C17H27N5O/c23-17(21-7-3-14-2-1-6-18-12-14)15-4-10-22(11-5-15)16-13-19-8-9-20-16/h8-9,13-15,18H,1-7,10-12H2,(H,21,23). The van der Waals surface area contributed by atoms with Crippen LogP contribution in [-0.2, 0) is 4.79 Å². The second-order valence-electron chi connectivity index (χ2n) is 6.62. The Morgan fingerprint density at radius 3 is 2.87 bits per heavy atom. The van der Waals surface area contributed by atoms with E-state index in [0.29, 0.717) is 0 Å². The molecule has 3 rings (SSSR count). The average Bonchev–Trinajstić information content (AvgIpc) is 2.63. The van der Waals surface area contributed by atoms with Crippen LogP contribution >= 0.6 is 0 Å². The Morgan fingerprint density at radius 2 is 2.17 bits per heavy atom. The zero-order valence-electron chi connectivity index (χ0n) is 13.7. The summed E-state index contributed by atoms with van der Waals surface area (Å²) in [5.41, 5.74) is 0. The maximum Gasteiger partial charge on any atom is 0.223 e. The predicted molar refractivity (Wildman–Crippen MR) is 90.2 cm³/mol. The van der Waals surface area contributed by atoms with Crippen LogP contribution in [0.5, 0.6) is 0 Å². The van der Waals surface area contributed by atoms with Crippen LogP contribution in [0.15, 0.2) is 18.6 Å². The molecule has 2 aliphatic rings. The van der Waals surface area contributed by atoms with E-state index < -0.39 is 0 Å². The molecule has 1 aromatic rings. The topological polar surface area (TPSA) is 70.2 Å². The van der Waals surface area contributed by atoms with Crippen LogP contribution in [0.2, 0.25) is 0 Å². The highest BCUT2D eigenvalue weighted by Gasteiger charge is 2.25. The van der Waals surface area contributed by atoms with E-state index in [2.05, 4.69) is 25.5 Å². The third-order valence-corrected chi connectivity index (χ3v) is 4.99. The predicted octanol–water partition coefficient (Wildman–Crippen LogP) is 1.20. The molecule has 0 bridgehead atoms. The van der Waals surface area contributed by atoms with Gasteiger partial charge in [-0.1, -0.05) is 0 Å². The lowest BCUT2D eigenvalue weighted by atomic mass is 9.94. The van der Waals surface area contributed by atoms with E-state index in [-0.39, 0.29) is 11.8 Å². The van der Waals surface area contributed by atoms with E-state index >= 15 is 0 Å². The van der Waals surface area contributed by atoms with E-state index in [1.54, 1.807) is 18.6 Å². The van der Waals surface area contributed by atoms with Gasteiger partial charge in [-0.15, -0.1) is 0 Å². The Kier molecular flexibility index (Phi) is 5.80. The van der Waals surface area contributed by atoms with Gasteiger partial charge in [0.2, 0.25) is 5.91 Å². The van der Waals surface area contributed by atoms with Crippen LogP contribution in [0, 0.1) is 11.8 Å². The second-order valence-corrected chi connectivity index (χ2v) is 6.62. The lowest BCUT2D eigenvalue weighted by Crippen LogP contribution is -2.41. The molecule has 0 spiro atoms. The van der Waals surface area contributed by atoms with Gasteiger partial charge in [-0.25, -0.2) is 4.98 Å². The van der Waals surface area contributed by atoms with E-state index in [0.717, 1.165) is 63.7 Å². The van der Waals surface area contributed by atoms with Crippen molar-refractivity contribution in [2.45, 2.75) is 32.1 Å². The SMILES string of the molecule is O=C(NCCC1CCCNC1)C1CCN(c2cnccn2)CC1. The fourth-order valence-electron chi connectivity index (χ4n) is 3.54. The molecule has 6 heteroatoms. The maximum atomic E-state index is 12.3. The van der Waals surface area contributed by atoms with Gasteiger partial charge in [0.05, 0.1) is 6.20 Å². The first-order valence-corrected chi connectivity index (χ1v) is 8.82. The molecule has 0 aliphatic carbocycles. The van der Waals surface area contributed by atoms with Crippen LogP contribution < -0.4 is 15.5 Å². The highest BCUT2D eigenvalue weighted by Crippen LogP contribution is 2.21. The molecule has 1 atom stereocenters. The summed E-state index contributed by atoms with van der Waals surface area (Å²) in [6.45, 7) is 4.82. The van der Waals surface area contributed by atoms with Crippen molar-refractivity contribution >= 4 is 11.7 Å². The smallest absolute Gasteiger partial charge is 0.223 e. The zero-order valence-corrected chi connectivity index (χ0v) is 13.7. The molecule has 6 nitrogen and oxygen atoms in total. The minimum Gasteiger partial charge on any atom is -0.356 e. The monoisotopic (exact) mass is 317 g/mol. The minimum atomic E-state index is 0.146. The maximum absolute atomic E-state index is 12.3. The normalized spacial score (nSPS) is 22.8. The molecular weight excluding hydrogens is 290 g/mol. The van der Waals surface area contributed by atoms with Gasteiger partial charge in [0.25, 0.3) is 0 Å². The highest BCUT2D eigenvalue weighted by molar-refractivity contribution is 5.78. The molecular formula is C17H27N5O. The van der Waals surface area contributed by atoms with Crippen molar-refractivity contribution in [3.05, 3.63) is 18.6 Å². The molecule has 0 saturated carbocycles. The molecule has 1 amide bonds. The summed E-state index contributed by atoms with van der Waals surface area (Å²) in [5, 5.41) is 6.57. The van der Waals surface area contributed by atoms with E-state index in [1.165, 1.54) is 12.8 Å². The van der Waals surface area contributed by atoms with Crippen molar-refractivity contribution in [1.82, 2.24) is 20.6 Å². The number of piperidine rings is 2. The molecule has 2 aliphatic heterocycles. The fraction of sp³-hybridized carbons (Fsp3) is 0.706. The van der Waals surface area contributed by atoms with Gasteiger partial charge < -0.3 is 15.5 Å². The van der Waals surface area contributed by atoms with Gasteiger partial charge in [0.15, 0.2) is 0 Å². The number of amides is 1. The van der Waals surface area contributed by atoms with Gasteiger partial charge >= 0.3 is 0 Å². The fourth-order valence-corrected chi connectivity index (χ4v) is 3.54. The van der Waals surface area contributed by atoms with Crippen LogP contribution in [0.4, 0.5) is 5.82 Å². The van der Waals surface area contributed by atoms with Crippen LogP contribution in [-0.4, -0.2) is 48.6 Å². The Hall–Kier alpha value is -1.69. The first-order valence-electron chi connectivity index (χ1n) is 8.82. The summed E-state index contributed by atoms with van der Waals surface area (Å²) < 4.78 is 0. The minimum absolute atomic E-state index is 0.146. The molecule has 2 fully saturated rings. The molecule has 3 heterocycles. The Balaban J connectivity index is 1.36. The molecule has 23 heavy (non-hydrogen) atoms. The third kappa shape index (κ3) is 4.64. The summed E-state index contributed by atoms with van der Waals surface area (Å²) in [6.07, 6.45) is 10.6. The van der Waals surface area contributed by atoms with Crippen molar-refractivity contribution in [3.8, 4) is 0 Å².